The molecule has 0 aromatic heterocycles. The number of rotatable bonds is 7. The molecule has 20 heavy (non-hydrogen) atoms. The highest BCUT2D eigenvalue weighted by Crippen LogP contribution is 2.24. The van der Waals surface area contributed by atoms with Gasteiger partial charge >= 0.3 is 0 Å². The second-order valence-corrected chi connectivity index (χ2v) is 7.03. The second-order valence-electron chi connectivity index (χ2n) is 5.18. The van der Waals surface area contributed by atoms with Gasteiger partial charge in [-0.1, -0.05) is 24.9 Å². The van der Waals surface area contributed by atoms with Gasteiger partial charge in [0.05, 0.1) is 10.9 Å². The molecule has 112 valence electrons. The number of hydrogen-bond acceptors (Lipinski definition) is 3. The lowest BCUT2D eigenvalue weighted by atomic mass is 10.0. The SMILES string of the molecule is CCCC(C)(O)CNC(=O)C(C)Sc1ccc(Cl)cc1. The van der Waals surface area contributed by atoms with Crippen molar-refractivity contribution in [1.29, 1.82) is 0 Å². The van der Waals surface area contributed by atoms with Crippen molar-refractivity contribution in [3.05, 3.63) is 29.3 Å². The minimum absolute atomic E-state index is 0.0682. The summed E-state index contributed by atoms with van der Waals surface area (Å²) in [6, 6.07) is 7.40. The van der Waals surface area contributed by atoms with E-state index in [9.17, 15) is 9.90 Å². The van der Waals surface area contributed by atoms with Crippen molar-refractivity contribution >= 4 is 29.3 Å². The fourth-order valence-electron chi connectivity index (χ4n) is 1.82. The molecule has 2 atom stereocenters. The van der Waals surface area contributed by atoms with Gasteiger partial charge in [-0.05, 0) is 44.5 Å². The molecule has 2 unspecified atom stereocenters. The Morgan fingerprint density at radius 2 is 2.05 bits per heavy atom. The van der Waals surface area contributed by atoms with E-state index >= 15 is 0 Å². The van der Waals surface area contributed by atoms with Crippen LogP contribution in [0.2, 0.25) is 5.02 Å². The van der Waals surface area contributed by atoms with Crippen LogP contribution in [0.25, 0.3) is 0 Å². The lowest BCUT2D eigenvalue weighted by Crippen LogP contribution is -2.43. The molecule has 0 radical (unpaired) electrons. The molecule has 0 saturated carbocycles. The van der Waals surface area contributed by atoms with Crippen LogP contribution in [0.15, 0.2) is 29.2 Å². The first-order chi connectivity index (χ1) is 9.34. The molecule has 2 N–H and O–H groups in total. The second kappa shape index (κ2) is 7.91. The molecule has 1 amide bonds. The molecule has 0 spiro atoms. The zero-order chi connectivity index (χ0) is 15.2. The molecule has 0 fully saturated rings. The number of thioether (sulfide) groups is 1. The molecule has 0 saturated heterocycles. The summed E-state index contributed by atoms with van der Waals surface area (Å²) in [6.45, 7) is 5.89. The minimum atomic E-state index is -0.838. The molecule has 5 heteroatoms. The zero-order valence-corrected chi connectivity index (χ0v) is 13.7. The summed E-state index contributed by atoms with van der Waals surface area (Å²) in [4.78, 5) is 13.0. The number of halogens is 1. The van der Waals surface area contributed by atoms with E-state index in [1.54, 1.807) is 19.1 Å². The van der Waals surface area contributed by atoms with Crippen LogP contribution in [0, 0.1) is 0 Å². The fraction of sp³-hybridized carbons (Fsp3) is 0.533. The van der Waals surface area contributed by atoms with Gasteiger partial charge in [-0.25, -0.2) is 0 Å². The predicted octanol–water partition coefficient (Wildman–Crippen LogP) is 3.49. The van der Waals surface area contributed by atoms with Gasteiger partial charge in [-0.15, -0.1) is 11.8 Å². The molecule has 0 bridgehead atoms. The Balaban J connectivity index is 2.45. The zero-order valence-electron chi connectivity index (χ0n) is 12.1. The van der Waals surface area contributed by atoms with Crippen LogP contribution in [-0.2, 0) is 4.79 Å². The van der Waals surface area contributed by atoms with E-state index in [0.717, 1.165) is 11.3 Å². The highest BCUT2D eigenvalue weighted by atomic mass is 35.5. The highest BCUT2D eigenvalue weighted by molar-refractivity contribution is 8.00. The largest absolute Gasteiger partial charge is 0.388 e. The van der Waals surface area contributed by atoms with Crippen LogP contribution in [-0.4, -0.2) is 28.4 Å². The van der Waals surface area contributed by atoms with Crippen molar-refractivity contribution in [1.82, 2.24) is 5.32 Å². The number of nitrogens with one attached hydrogen (secondary N) is 1. The first kappa shape index (κ1) is 17.3. The molecule has 0 aliphatic carbocycles. The number of aliphatic hydroxyl groups is 1. The van der Waals surface area contributed by atoms with E-state index in [-0.39, 0.29) is 17.7 Å². The van der Waals surface area contributed by atoms with Gasteiger partial charge in [-0.3, -0.25) is 4.79 Å². The maximum absolute atomic E-state index is 12.0. The number of amides is 1. The number of carbonyl (C=O) groups excluding carboxylic acids is 1. The van der Waals surface area contributed by atoms with Crippen molar-refractivity contribution in [3.8, 4) is 0 Å². The molecule has 0 heterocycles. The Kier molecular flexibility index (Phi) is 6.86. The van der Waals surface area contributed by atoms with Gasteiger partial charge in [0.25, 0.3) is 0 Å². The van der Waals surface area contributed by atoms with Gasteiger partial charge in [-0.2, -0.15) is 0 Å². The predicted molar refractivity (Wildman–Crippen MR) is 85.3 cm³/mol. The topological polar surface area (TPSA) is 49.3 Å². The van der Waals surface area contributed by atoms with Crippen molar-refractivity contribution in [2.45, 2.75) is 49.4 Å². The quantitative estimate of drug-likeness (QED) is 0.757. The van der Waals surface area contributed by atoms with E-state index in [4.69, 9.17) is 11.6 Å². The average Bonchev–Trinajstić information content (AvgIpc) is 2.38. The van der Waals surface area contributed by atoms with Crippen LogP contribution in [0.3, 0.4) is 0 Å². The number of benzene rings is 1. The lowest BCUT2D eigenvalue weighted by Gasteiger charge is -2.23. The Bertz CT molecular complexity index is 434. The van der Waals surface area contributed by atoms with Crippen LogP contribution in [0.1, 0.15) is 33.6 Å². The van der Waals surface area contributed by atoms with Crippen molar-refractivity contribution < 1.29 is 9.90 Å². The van der Waals surface area contributed by atoms with E-state index < -0.39 is 5.60 Å². The first-order valence-corrected chi connectivity index (χ1v) is 8.02. The maximum atomic E-state index is 12.0. The van der Waals surface area contributed by atoms with Crippen LogP contribution >= 0.6 is 23.4 Å². The van der Waals surface area contributed by atoms with Crippen molar-refractivity contribution in [3.63, 3.8) is 0 Å². The van der Waals surface area contributed by atoms with Crippen molar-refractivity contribution in [2.24, 2.45) is 0 Å². The standard InChI is InChI=1S/C15H22ClNO2S/c1-4-9-15(3,19)10-17-14(18)11(2)20-13-7-5-12(16)6-8-13/h5-8,11,19H,4,9-10H2,1-3H3,(H,17,18). The third-order valence-electron chi connectivity index (χ3n) is 2.93. The van der Waals surface area contributed by atoms with Crippen LogP contribution in [0.5, 0.6) is 0 Å². The normalized spacial score (nSPS) is 15.4. The number of hydrogen-bond donors (Lipinski definition) is 2. The van der Waals surface area contributed by atoms with E-state index in [1.165, 1.54) is 11.8 Å². The molecule has 0 aliphatic heterocycles. The summed E-state index contributed by atoms with van der Waals surface area (Å²) >= 11 is 7.30. The summed E-state index contributed by atoms with van der Waals surface area (Å²) in [5.74, 6) is -0.0682. The van der Waals surface area contributed by atoms with E-state index in [0.29, 0.717) is 11.4 Å². The summed E-state index contributed by atoms with van der Waals surface area (Å²) in [5, 5.41) is 13.3. The smallest absolute Gasteiger partial charge is 0.233 e. The van der Waals surface area contributed by atoms with Crippen LogP contribution in [0.4, 0.5) is 0 Å². The first-order valence-electron chi connectivity index (χ1n) is 6.76. The summed E-state index contributed by atoms with van der Waals surface area (Å²) < 4.78 is 0. The lowest BCUT2D eigenvalue weighted by molar-refractivity contribution is -0.121. The Labute approximate surface area is 130 Å². The molecular weight excluding hydrogens is 294 g/mol. The van der Waals surface area contributed by atoms with Gasteiger partial charge in [0.1, 0.15) is 0 Å². The Morgan fingerprint density at radius 3 is 2.60 bits per heavy atom. The summed E-state index contributed by atoms with van der Waals surface area (Å²) in [5.41, 5.74) is -0.838. The fourth-order valence-corrected chi connectivity index (χ4v) is 2.84. The summed E-state index contributed by atoms with van der Waals surface area (Å²) in [6.07, 6.45) is 1.56. The van der Waals surface area contributed by atoms with Gasteiger partial charge in [0.15, 0.2) is 0 Å². The third kappa shape index (κ3) is 6.16. The molecule has 1 aromatic carbocycles. The molecule has 1 aromatic rings. The monoisotopic (exact) mass is 315 g/mol. The third-order valence-corrected chi connectivity index (χ3v) is 4.29. The van der Waals surface area contributed by atoms with Gasteiger partial charge in [0.2, 0.25) is 5.91 Å². The number of carbonyl (C=O) groups is 1. The van der Waals surface area contributed by atoms with Crippen LogP contribution < -0.4 is 5.32 Å². The van der Waals surface area contributed by atoms with Gasteiger partial charge in [0, 0.05) is 16.5 Å². The minimum Gasteiger partial charge on any atom is -0.388 e. The average molecular weight is 316 g/mol. The van der Waals surface area contributed by atoms with Gasteiger partial charge < -0.3 is 10.4 Å². The molecular formula is C15H22ClNO2S. The van der Waals surface area contributed by atoms with E-state index in [1.807, 2.05) is 26.0 Å². The maximum Gasteiger partial charge on any atom is 0.233 e. The Morgan fingerprint density at radius 1 is 1.45 bits per heavy atom. The highest BCUT2D eigenvalue weighted by Gasteiger charge is 2.22. The Hall–Kier alpha value is -0.710. The van der Waals surface area contributed by atoms with E-state index in [2.05, 4.69) is 5.32 Å². The van der Waals surface area contributed by atoms with Crippen molar-refractivity contribution in [2.75, 3.05) is 6.54 Å². The summed E-state index contributed by atoms with van der Waals surface area (Å²) in [7, 11) is 0. The molecule has 1 rings (SSSR count). The molecule has 3 nitrogen and oxygen atoms in total. The molecule has 0 aliphatic rings.